The molecule has 5 aliphatic carbocycles. The lowest BCUT2D eigenvalue weighted by Gasteiger charge is -2.54. The number of allylic oxidation sites excluding steroid dienone is 2. The molecule has 1 aliphatic heterocycles. The molecule has 1 nitrogen and oxygen atoms in total. The van der Waals surface area contributed by atoms with Gasteiger partial charge in [-0.25, -0.2) is 0 Å². The van der Waals surface area contributed by atoms with E-state index in [1.165, 1.54) is 77.0 Å². The molecule has 5 saturated carbocycles. The summed E-state index contributed by atoms with van der Waals surface area (Å²) in [5.74, 6) is 7.21. The highest BCUT2D eigenvalue weighted by Crippen LogP contribution is 2.68. The summed E-state index contributed by atoms with van der Waals surface area (Å²) < 4.78 is 0. The van der Waals surface area contributed by atoms with Crippen LogP contribution in [0.5, 0.6) is 0 Å². The van der Waals surface area contributed by atoms with Crippen LogP contribution < -0.4 is 5.32 Å². The smallest absolute Gasteiger partial charge is 0.0258 e. The number of fused-ring (bicyclic) bond motifs is 2. The van der Waals surface area contributed by atoms with Crippen molar-refractivity contribution in [3.05, 3.63) is 23.3 Å². The minimum absolute atomic E-state index is 0.225. The molecule has 0 amide bonds. The molecule has 0 saturated heterocycles. The Bertz CT molecular complexity index is 954. The molecular weight excluding hydrogens is 470 g/mol. The van der Waals surface area contributed by atoms with Crippen molar-refractivity contribution < 1.29 is 0 Å². The van der Waals surface area contributed by atoms with Gasteiger partial charge in [-0.05, 0) is 130 Å². The van der Waals surface area contributed by atoms with Crippen LogP contribution in [0, 0.1) is 57.7 Å². The zero-order chi connectivity index (χ0) is 27.6. The summed E-state index contributed by atoms with van der Waals surface area (Å²) in [6, 6.07) is 0. The van der Waals surface area contributed by atoms with Gasteiger partial charge < -0.3 is 5.32 Å². The molecule has 220 valence electrons. The Hall–Kier alpha value is -0.560. The first-order valence-corrected chi connectivity index (χ1v) is 17.6. The predicted octanol–water partition coefficient (Wildman–Crippen LogP) is 10.5. The molecule has 2 bridgehead atoms. The summed E-state index contributed by atoms with van der Waals surface area (Å²) >= 11 is 0. The lowest BCUT2D eigenvalue weighted by Crippen LogP contribution is -2.56. The van der Waals surface area contributed by atoms with Crippen molar-refractivity contribution in [2.75, 3.05) is 6.54 Å². The molecule has 0 radical (unpaired) electrons. The minimum Gasteiger partial charge on any atom is -0.307 e. The molecule has 0 aromatic heterocycles. The van der Waals surface area contributed by atoms with Gasteiger partial charge in [-0.3, -0.25) is 0 Å². The fraction of sp³-hybridized carbons (Fsp3) is 0.895. The van der Waals surface area contributed by atoms with Gasteiger partial charge in [-0.15, -0.1) is 0 Å². The first-order valence-electron chi connectivity index (χ1n) is 17.6. The van der Waals surface area contributed by atoms with Gasteiger partial charge in [0.05, 0.1) is 0 Å². The number of hydrogen-bond donors (Lipinski definition) is 1. The largest absolute Gasteiger partial charge is 0.307 e. The first kappa shape index (κ1) is 28.6. The van der Waals surface area contributed by atoms with Gasteiger partial charge >= 0.3 is 0 Å². The maximum absolute atomic E-state index is 4.14. The van der Waals surface area contributed by atoms with Crippen LogP contribution in [0.1, 0.15) is 145 Å². The molecule has 1 N–H and O–H groups in total. The SMILES string of the molecule is CCCCC1CCC1C(C)C1CC1CCC1CC(C(=C2CC2)C2(CC(C)(C)C)CC3(C)C=CCNC2(C)C3)C1. The fourth-order valence-corrected chi connectivity index (χ4v) is 11.2. The van der Waals surface area contributed by atoms with E-state index in [1.54, 1.807) is 19.3 Å². The molecule has 1 heterocycles. The number of rotatable bonds is 11. The van der Waals surface area contributed by atoms with Crippen molar-refractivity contribution >= 4 is 0 Å². The first-order chi connectivity index (χ1) is 18.5. The standard InChI is InChI=1S/C38H63N/c1-8-9-11-28-16-17-32(28)26(2)33-22-30(33)13-12-27-20-31(21-27)34(29-14-15-29)38(23-35(3,4)5)25-36(6)18-10-19-39-37(38,7)24-36/h10,18,26-28,30-33,39H,8-9,11-17,19-25H2,1-7H3. The van der Waals surface area contributed by atoms with Crippen LogP contribution in [0.25, 0.3) is 0 Å². The summed E-state index contributed by atoms with van der Waals surface area (Å²) in [6.07, 6.45) is 26.9. The zero-order valence-electron chi connectivity index (χ0n) is 27.0. The lowest BCUT2D eigenvalue weighted by atomic mass is 9.53. The molecule has 0 aromatic rings. The highest BCUT2D eigenvalue weighted by molar-refractivity contribution is 5.41. The minimum atomic E-state index is 0.225. The van der Waals surface area contributed by atoms with Crippen LogP contribution >= 0.6 is 0 Å². The Labute approximate surface area is 242 Å². The summed E-state index contributed by atoms with van der Waals surface area (Å²) in [5.41, 5.74) is 5.14. The third-order valence-corrected chi connectivity index (χ3v) is 13.2. The highest BCUT2D eigenvalue weighted by Gasteiger charge is 2.63. The third kappa shape index (κ3) is 5.50. The summed E-state index contributed by atoms with van der Waals surface area (Å²) in [7, 11) is 0. The van der Waals surface area contributed by atoms with Gasteiger partial charge in [-0.1, -0.05) is 90.5 Å². The lowest BCUT2D eigenvalue weighted by molar-refractivity contribution is 0.0747. The molecule has 0 spiro atoms. The van der Waals surface area contributed by atoms with E-state index in [2.05, 4.69) is 65.9 Å². The van der Waals surface area contributed by atoms with Crippen LogP contribution in [0.4, 0.5) is 0 Å². The van der Waals surface area contributed by atoms with E-state index in [0.717, 1.165) is 48.0 Å². The van der Waals surface area contributed by atoms with Crippen molar-refractivity contribution in [2.24, 2.45) is 57.7 Å². The zero-order valence-corrected chi connectivity index (χ0v) is 27.0. The van der Waals surface area contributed by atoms with E-state index in [4.69, 9.17) is 0 Å². The van der Waals surface area contributed by atoms with E-state index < -0.39 is 0 Å². The molecule has 5 fully saturated rings. The van der Waals surface area contributed by atoms with Gasteiger partial charge in [0.1, 0.15) is 0 Å². The van der Waals surface area contributed by atoms with E-state index in [0.29, 0.717) is 16.2 Å². The quantitative estimate of drug-likeness (QED) is 0.260. The molecule has 39 heavy (non-hydrogen) atoms. The van der Waals surface area contributed by atoms with Crippen molar-refractivity contribution in [3.63, 3.8) is 0 Å². The maximum Gasteiger partial charge on any atom is 0.0258 e. The molecule has 6 rings (SSSR count). The van der Waals surface area contributed by atoms with Gasteiger partial charge in [-0.2, -0.15) is 0 Å². The number of unbranched alkanes of at least 4 members (excludes halogenated alkanes) is 1. The third-order valence-electron chi connectivity index (χ3n) is 13.2. The normalized spacial score (nSPS) is 45.4. The van der Waals surface area contributed by atoms with Gasteiger partial charge in [0.25, 0.3) is 0 Å². The van der Waals surface area contributed by atoms with E-state index in [1.807, 2.05) is 11.1 Å². The second-order valence-corrected chi connectivity index (χ2v) is 17.7. The molecule has 8 atom stereocenters. The molecular formula is C38H63N. The van der Waals surface area contributed by atoms with Crippen LogP contribution in [0.2, 0.25) is 0 Å². The van der Waals surface area contributed by atoms with Gasteiger partial charge in [0.2, 0.25) is 0 Å². The monoisotopic (exact) mass is 533 g/mol. The summed E-state index contributed by atoms with van der Waals surface area (Å²) in [5, 5.41) is 4.14. The molecule has 0 aromatic carbocycles. The number of hydrogen-bond acceptors (Lipinski definition) is 1. The van der Waals surface area contributed by atoms with Crippen molar-refractivity contribution in [2.45, 2.75) is 150 Å². The van der Waals surface area contributed by atoms with Crippen LogP contribution in [-0.4, -0.2) is 12.1 Å². The maximum atomic E-state index is 4.14. The van der Waals surface area contributed by atoms with E-state index in [-0.39, 0.29) is 5.54 Å². The molecule has 6 aliphatic rings. The van der Waals surface area contributed by atoms with Gasteiger partial charge in [0, 0.05) is 17.5 Å². The average molecular weight is 534 g/mol. The second kappa shape index (κ2) is 10.3. The van der Waals surface area contributed by atoms with E-state index in [9.17, 15) is 0 Å². The Balaban J connectivity index is 1.08. The Morgan fingerprint density at radius 1 is 0.974 bits per heavy atom. The summed E-state index contributed by atoms with van der Waals surface area (Å²) in [6.45, 7) is 18.8. The topological polar surface area (TPSA) is 12.0 Å². The Kier molecular flexibility index (Phi) is 7.55. The fourth-order valence-electron chi connectivity index (χ4n) is 11.2. The Morgan fingerprint density at radius 3 is 2.38 bits per heavy atom. The number of nitrogens with one attached hydrogen (secondary N) is 1. The van der Waals surface area contributed by atoms with Crippen LogP contribution in [0.3, 0.4) is 0 Å². The molecule has 8 unspecified atom stereocenters. The summed E-state index contributed by atoms with van der Waals surface area (Å²) in [4.78, 5) is 0. The van der Waals surface area contributed by atoms with Crippen LogP contribution in [0.15, 0.2) is 23.3 Å². The van der Waals surface area contributed by atoms with Crippen molar-refractivity contribution in [3.8, 4) is 0 Å². The molecule has 1 heteroatoms. The van der Waals surface area contributed by atoms with E-state index >= 15 is 0 Å². The van der Waals surface area contributed by atoms with Crippen molar-refractivity contribution in [1.29, 1.82) is 0 Å². The van der Waals surface area contributed by atoms with Gasteiger partial charge in [0.15, 0.2) is 0 Å². The Morgan fingerprint density at radius 2 is 1.74 bits per heavy atom. The highest BCUT2D eigenvalue weighted by atomic mass is 15.0. The van der Waals surface area contributed by atoms with Crippen LogP contribution in [-0.2, 0) is 0 Å². The average Bonchev–Trinajstić information content (AvgIpc) is 3.69. The predicted molar refractivity (Wildman–Crippen MR) is 168 cm³/mol. The van der Waals surface area contributed by atoms with Crippen molar-refractivity contribution in [1.82, 2.24) is 5.32 Å². The second-order valence-electron chi connectivity index (χ2n) is 17.7.